The zero-order valence-corrected chi connectivity index (χ0v) is 15.5. The van der Waals surface area contributed by atoms with Gasteiger partial charge in [-0.3, -0.25) is 9.36 Å². The number of carbonyl (C=O) groups is 1. The van der Waals surface area contributed by atoms with Gasteiger partial charge in [-0.2, -0.15) is 17.0 Å². The fraction of sp³-hybridized carbons (Fsp3) is 0.250. The van der Waals surface area contributed by atoms with E-state index in [-0.39, 0.29) is 18.9 Å². The van der Waals surface area contributed by atoms with E-state index in [0.29, 0.717) is 23.2 Å². The molecule has 0 radical (unpaired) electrons. The van der Waals surface area contributed by atoms with Crippen LogP contribution in [0.1, 0.15) is 17.5 Å². The monoisotopic (exact) mass is 381 g/mol. The molecular weight excluding hydrogens is 362 g/mol. The first kappa shape index (κ1) is 18.8. The second kappa shape index (κ2) is 9.10. The maximum Gasteiger partial charge on any atom is 0.419 e. The molecule has 0 saturated carbocycles. The van der Waals surface area contributed by atoms with Gasteiger partial charge in [0.1, 0.15) is 0 Å². The van der Waals surface area contributed by atoms with Crippen LogP contribution < -0.4 is 11.1 Å². The van der Waals surface area contributed by atoms with Gasteiger partial charge >= 0.3 is 5.76 Å². The highest BCUT2D eigenvalue weighted by atomic mass is 32.2. The minimum atomic E-state index is -0.448. The Kier molecular flexibility index (Phi) is 6.34. The molecule has 0 aliphatic rings. The highest BCUT2D eigenvalue weighted by Gasteiger charge is 2.10. The Hall–Kier alpha value is -2.98. The molecule has 0 fully saturated rings. The molecule has 1 aromatic heterocycles. The fourth-order valence-corrected chi connectivity index (χ4v) is 3.59. The van der Waals surface area contributed by atoms with Crippen molar-refractivity contribution in [3.63, 3.8) is 0 Å². The molecule has 0 aliphatic heterocycles. The van der Waals surface area contributed by atoms with Crippen molar-refractivity contribution in [3.8, 4) is 6.07 Å². The Morgan fingerprint density at radius 3 is 2.81 bits per heavy atom. The van der Waals surface area contributed by atoms with Crippen molar-refractivity contribution >= 4 is 28.8 Å². The molecule has 0 atom stereocenters. The van der Waals surface area contributed by atoms with Crippen LogP contribution in [0, 0.1) is 11.3 Å². The number of thioether (sulfide) groups is 1. The van der Waals surface area contributed by atoms with Crippen molar-refractivity contribution in [1.82, 2.24) is 9.88 Å². The zero-order valence-electron chi connectivity index (χ0n) is 14.7. The molecule has 138 valence electrons. The van der Waals surface area contributed by atoms with Gasteiger partial charge in [0, 0.05) is 31.0 Å². The van der Waals surface area contributed by atoms with Crippen LogP contribution in [0.2, 0.25) is 0 Å². The molecule has 0 bridgehead atoms. The number of oxazole rings is 1. The van der Waals surface area contributed by atoms with Crippen LogP contribution >= 0.6 is 11.8 Å². The molecule has 3 rings (SSSR count). The van der Waals surface area contributed by atoms with E-state index in [9.17, 15) is 9.59 Å². The van der Waals surface area contributed by atoms with Crippen LogP contribution in [-0.4, -0.2) is 22.8 Å². The summed E-state index contributed by atoms with van der Waals surface area (Å²) in [5.74, 6) is 0.928. The number of fused-ring (bicyclic) bond motifs is 1. The highest BCUT2D eigenvalue weighted by Crippen LogP contribution is 2.15. The van der Waals surface area contributed by atoms with Crippen molar-refractivity contribution in [2.75, 3.05) is 12.3 Å². The molecule has 0 aliphatic carbocycles. The topological polar surface area (TPSA) is 88.0 Å². The molecule has 6 nitrogen and oxygen atoms in total. The summed E-state index contributed by atoms with van der Waals surface area (Å²) in [5, 5.41) is 11.9. The van der Waals surface area contributed by atoms with Gasteiger partial charge in [0.2, 0.25) is 5.91 Å². The number of para-hydroxylation sites is 2. The van der Waals surface area contributed by atoms with Crippen LogP contribution in [0.5, 0.6) is 0 Å². The van der Waals surface area contributed by atoms with E-state index in [1.54, 1.807) is 36.0 Å². The lowest BCUT2D eigenvalue weighted by molar-refractivity contribution is -0.121. The SMILES string of the molecule is N#Cc1ccccc1CSCCNC(=O)CCn1c(=O)oc2ccccc21. The number of hydrogen-bond acceptors (Lipinski definition) is 5. The number of aromatic nitrogens is 1. The van der Waals surface area contributed by atoms with E-state index in [0.717, 1.165) is 17.1 Å². The predicted molar refractivity (Wildman–Crippen MR) is 105 cm³/mol. The van der Waals surface area contributed by atoms with Crippen LogP contribution in [-0.2, 0) is 17.1 Å². The Balaban J connectivity index is 1.41. The van der Waals surface area contributed by atoms with Gasteiger partial charge in [-0.15, -0.1) is 0 Å². The zero-order chi connectivity index (χ0) is 19.1. The van der Waals surface area contributed by atoms with Gasteiger partial charge in [0.05, 0.1) is 17.1 Å². The second-order valence-electron chi connectivity index (χ2n) is 5.91. The van der Waals surface area contributed by atoms with Crippen molar-refractivity contribution < 1.29 is 9.21 Å². The average Bonchev–Trinajstić information content (AvgIpc) is 3.01. The lowest BCUT2D eigenvalue weighted by atomic mass is 10.1. The summed E-state index contributed by atoms with van der Waals surface area (Å²) >= 11 is 1.66. The van der Waals surface area contributed by atoms with Crippen LogP contribution in [0.25, 0.3) is 11.1 Å². The van der Waals surface area contributed by atoms with Gasteiger partial charge in [0.25, 0.3) is 0 Å². The summed E-state index contributed by atoms with van der Waals surface area (Å²) in [7, 11) is 0. The molecule has 0 saturated heterocycles. The lowest BCUT2D eigenvalue weighted by Gasteiger charge is -2.06. The van der Waals surface area contributed by atoms with Crippen molar-refractivity contribution in [1.29, 1.82) is 5.26 Å². The van der Waals surface area contributed by atoms with E-state index in [4.69, 9.17) is 9.68 Å². The van der Waals surface area contributed by atoms with E-state index in [1.807, 2.05) is 24.3 Å². The summed E-state index contributed by atoms with van der Waals surface area (Å²) in [6.07, 6.45) is 0.214. The van der Waals surface area contributed by atoms with Crippen molar-refractivity contribution in [2.24, 2.45) is 0 Å². The summed E-state index contributed by atoms with van der Waals surface area (Å²) in [6, 6.07) is 16.9. The molecule has 7 heteroatoms. The Morgan fingerprint density at radius 1 is 1.19 bits per heavy atom. The summed E-state index contributed by atoms with van der Waals surface area (Å²) < 4.78 is 6.63. The molecule has 1 heterocycles. The summed E-state index contributed by atoms with van der Waals surface area (Å²) in [5.41, 5.74) is 2.91. The van der Waals surface area contributed by atoms with E-state index < -0.39 is 5.76 Å². The molecule has 1 amide bonds. The molecule has 0 unspecified atom stereocenters. The Labute approximate surface area is 160 Å². The molecule has 1 N–H and O–H groups in total. The largest absolute Gasteiger partial charge is 0.419 e. The van der Waals surface area contributed by atoms with Gasteiger partial charge in [-0.05, 0) is 23.8 Å². The third-order valence-corrected chi connectivity index (χ3v) is 5.11. The Bertz CT molecular complexity index is 1030. The molecule has 3 aromatic rings. The van der Waals surface area contributed by atoms with Crippen molar-refractivity contribution in [2.45, 2.75) is 18.7 Å². The van der Waals surface area contributed by atoms with Gasteiger partial charge < -0.3 is 9.73 Å². The van der Waals surface area contributed by atoms with Crippen LogP contribution in [0.4, 0.5) is 0 Å². The summed E-state index contributed by atoms with van der Waals surface area (Å²) in [4.78, 5) is 23.9. The van der Waals surface area contributed by atoms with Gasteiger partial charge in [0.15, 0.2) is 5.58 Å². The van der Waals surface area contributed by atoms with E-state index >= 15 is 0 Å². The number of nitrogens with zero attached hydrogens (tertiary/aromatic N) is 2. The third kappa shape index (κ3) is 4.80. The number of benzene rings is 2. The van der Waals surface area contributed by atoms with Gasteiger partial charge in [-0.1, -0.05) is 30.3 Å². The quantitative estimate of drug-likeness (QED) is 0.606. The number of rotatable bonds is 8. The van der Waals surface area contributed by atoms with E-state index in [2.05, 4.69) is 11.4 Å². The number of nitriles is 1. The molecule has 2 aromatic carbocycles. The number of aryl methyl sites for hydroxylation is 1. The first-order chi connectivity index (χ1) is 13.2. The predicted octanol–water partition coefficient (Wildman–Crippen LogP) is 2.91. The van der Waals surface area contributed by atoms with Crippen LogP contribution in [0.15, 0.2) is 57.7 Å². The van der Waals surface area contributed by atoms with Crippen LogP contribution in [0.3, 0.4) is 0 Å². The van der Waals surface area contributed by atoms with Gasteiger partial charge in [-0.25, -0.2) is 4.79 Å². The molecular formula is C20H19N3O3S. The summed E-state index contributed by atoms with van der Waals surface area (Å²) in [6.45, 7) is 0.823. The Morgan fingerprint density at radius 2 is 1.96 bits per heavy atom. The number of amides is 1. The minimum absolute atomic E-state index is 0.106. The average molecular weight is 381 g/mol. The number of carbonyl (C=O) groups excluding carboxylic acids is 1. The smallest absolute Gasteiger partial charge is 0.408 e. The molecule has 0 spiro atoms. The number of nitrogens with one attached hydrogen (secondary N) is 1. The normalized spacial score (nSPS) is 10.6. The fourth-order valence-electron chi connectivity index (χ4n) is 2.73. The second-order valence-corrected chi connectivity index (χ2v) is 7.01. The maximum absolute atomic E-state index is 12.0. The first-order valence-electron chi connectivity index (χ1n) is 8.60. The van der Waals surface area contributed by atoms with Crippen molar-refractivity contribution in [3.05, 3.63) is 70.2 Å². The third-order valence-electron chi connectivity index (χ3n) is 4.10. The highest BCUT2D eigenvalue weighted by molar-refractivity contribution is 7.98. The lowest BCUT2D eigenvalue weighted by Crippen LogP contribution is -2.28. The molecule has 27 heavy (non-hydrogen) atoms. The number of hydrogen-bond donors (Lipinski definition) is 1. The maximum atomic E-state index is 12.0. The standard InChI is InChI=1S/C20H19N3O3S/c21-13-15-5-1-2-6-16(15)14-27-12-10-22-19(24)9-11-23-17-7-3-4-8-18(17)26-20(23)25/h1-8H,9-12,14H2,(H,22,24). The van der Waals surface area contributed by atoms with E-state index in [1.165, 1.54) is 4.57 Å². The minimum Gasteiger partial charge on any atom is -0.408 e. The first-order valence-corrected chi connectivity index (χ1v) is 9.75.